The van der Waals surface area contributed by atoms with E-state index in [0.717, 1.165) is 18.2 Å². The van der Waals surface area contributed by atoms with Gasteiger partial charge in [-0.1, -0.05) is 48.5 Å². The number of benzene rings is 2. The number of nitrogens with one attached hydrogen (secondary N) is 1. The molecule has 0 heterocycles. The van der Waals surface area contributed by atoms with E-state index in [1.54, 1.807) is 0 Å². The van der Waals surface area contributed by atoms with Crippen LogP contribution in [-0.4, -0.2) is 12.3 Å². The standard InChI is InChI=1S/C18H21NS/c1-3-7-15(8-4-1)18(16-11-12-16)19-13-14-20-17-9-5-2-6-10-17/h1-10,16,18-19H,11-14H2. The van der Waals surface area contributed by atoms with Gasteiger partial charge in [0.05, 0.1) is 0 Å². The van der Waals surface area contributed by atoms with Crippen molar-refractivity contribution in [3.05, 3.63) is 66.2 Å². The molecule has 1 aliphatic carbocycles. The summed E-state index contributed by atoms with van der Waals surface area (Å²) >= 11 is 1.93. The molecule has 1 nitrogen and oxygen atoms in total. The first-order valence-corrected chi connectivity index (χ1v) is 8.38. The summed E-state index contributed by atoms with van der Waals surface area (Å²) in [4.78, 5) is 1.36. The maximum atomic E-state index is 3.75. The molecule has 1 unspecified atom stereocenters. The smallest absolute Gasteiger partial charge is 0.0348 e. The van der Waals surface area contributed by atoms with Gasteiger partial charge in [-0.3, -0.25) is 0 Å². The molecule has 1 saturated carbocycles. The van der Waals surface area contributed by atoms with Crippen molar-refractivity contribution in [1.82, 2.24) is 5.32 Å². The minimum Gasteiger partial charge on any atom is -0.309 e. The van der Waals surface area contributed by atoms with Crippen molar-refractivity contribution in [1.29, 1.82) is 0 Å². The highest BCUT2D eigenvalue weighted by atomic mass is 32.2. The zero-order valence-electron chi connectivity index (χ0n) is 11.7. The minimum absolute atomic E-state index is 0.549. The molecule has 20 heavy (non-hydrogen) atoms. The van der Waals surface area contributed by atoms with Crippen LogP contribution in [0.5, 0.6) is 0 Å². The van der Waals surface area contributed by atoms with Crippen LogP contribution in [0.4, 0.5) is 0 Å². The Labute approximate surface area is 125 Å². The Morgan fingerprint density at radius 1 is 0.950 bits per heavy atom. The Kier molecular flexibility index (Phi) is 4.77. The van der Waals surface area contributed by atoms with Gasteiger partial charge in [0.25, 0.3) is 0 Å². The van der Waals surface area contributed by atoms with E-state index >= 15 is 0 Å². The summed E-state index contributed by atoms with van der Waals surface area (Å²) < 4.78 is 0. The molecular weight excluding hydrogens is 262 g/mol. The maximum Gasteiger partial charge on any atom is 0.0348 e. The third-order valence-corrected chi connectivity index (χ3v) is 4.74. The van der Waals surface area contributed by atoms with Crippen LogP contribution in [-0.2, 0) is 0 Å². The topological polar surface area (TPSA) is 12.0 Å². The summed E-state index contributed by atoms with van der Waals surface area (Å²) in [5.41, 5.74) is 1.44. The lowest BCUT2D eigenvalue weighted by molar-refractivity contribution is 0.498. The normalized spacial score (nSPS) is 16.0. The van der Waals surface area contributed by atoms with Crippen LogP contribution < -0.4 is 5.32 Å². The van der Waals surface area contributed by atoms with Crippen LogP contribution in [0.25, 0.3) is 0 Å². The molecule has 0 aliphatic heterocycles. The van der Waals surface area contributed by atoms with Crippen LogP contribution in [0.2, 0.25) is 0 Å². The van der Waals surface area contributed by atoms with Crippen molar-refractivity contribution in [3.8, 4) is 0 Å². The summed E-state index contributed by atoms with van der Waals surface area (Å²) in [6, 6.07) is 22.1. The Bertz CT molecular complexity index is 507. The molecule has 2 aromatic rings. The highest BCUT2D eigenvalue weighted by Crippen LogP contribution is 2.40. The highest BCUT2D eigenvalue weighted by molar-refractivity contribution is 7.99. The quantitative estimate of drug-likeness (QED) is 0.592. The van der Waals surface area contributed by atoms with Gasteiger partial charge < -0.3 is 5.32 Å². The molecule has 0 saturated heterocycles. The number of hydrogen-bond donors (Lipinski definition) is 1. The van der Waals surface area contributed by atoms with Crippen LogP contribution in [0.3, 0.4) is 0 Å². The molecule has 0 radical (unpaired) electrons. The summed E-state index contributed by atoms with van der Waals surface area (Å²) in [5.74, 6) is 1.97. The number of rotatable bonds is 7. The fourth-order valence-corrected chi connectivity index (χ4v) is 3.35. The molecule has 0 bridgehead atoms. The van der Waals surface area contributed by atoms with Gasteiger partial charge in [0.15, 0.2) is 0 Å². The predicted octanol–water partition coefficient (Wildman–Crippen LogP) is 4.52. The first kappa shape index (κ1) is 13.7. The maximum absolute atomic E-state index is 3.75. The van der Waals surface area contributed by atoms with E-state index < -0.39 is 0 Å². The Balaban J connectivity index is 1.49. The van der Waals surface area contributed by atoms with Gasteiger partial charge in [0.1, 0.15) is 0 Å². The van der Waals surface area contributed by atoms with Crippen molar-refractivity contribution >= 4 is 11.8 Å². The molecule has 1 N–H and O–H groups in total. The van der Waals surface area contributed by atoms with Crippen molar-refractivity contribution in [2.45, 2.75) is 23.8 Å². The predicted molar refractivity (Wildman–Crippen MR) is 87.1 cm³/mol. The van der Waals surface area contributed by atoms with Crippen LogP contribution >= 0.6 is 11.8 Å². The molecule has 1 atom stereocenters. The zero-order chi connectivity index (χ0) is 13.6. The number of hydrogen-bond acceptors (Lipinski definition) is 2. The summed E-state index contributed by atoms with van der Waals surface area (Å²) in [7, 11) is 0. The van der Waals surface area contributed by atoms with Gasteiger partial charge in [0, 0.05) is 23.2 Å². The first-order valence-electron chi connectivity index (χ1n) is 7.39. The van der Waals surface area contributed by atoms with E-state index in [9.17, 15) is 0 Å². The third-order valence-electron chi connectivity index (χ3n) is 3.73. The third kappa shape index (κ3) is 3.87. The largest absolute Gasteiger partial charge is 0.309 e. The molecule has 104 valence electrons. The van der Waals surface area contributed by atoms with Gasteiger partial charge >= 0.3 is 0 Å². The summed E-state index contributed by atoms with van der Waals surface area (Å²) in [6.45, 7) is 1.07. The average Bonchev–Trinajstić information content (AvgIpc) is 3.34. The average molecular weight is 283 g/mol. The second-order valence-corrected chi connectivity index (χ2v) is 6.51. The zero-order valence-corrected chi connectivity index (χ0v) is 12.5. The van der Waals surface area contributed by atoms with Crippen molar-refractivity contribution in [2.75, 3.05) is 12.3 Å². The molecule has 2 aromatic carbocycles. The second-order valence-electron chi connectivity index (χ2n) is 5.34. The van der Waals surface area contributed by atoms with Gasteiger partial charge in [-0.15, -0.1) is 11.8 Å². The molecule has 0 spiro atoms. The van der Waals surface area contributed by atoms with E-state index in [1.165, 1.54) is 23.3 Å². The Morgan fingerprint density at radius 3 is 2.25 bits per heavy atom. The van der Waals surface area contributed by atoms with Crippen LogP contribution in [0.1, 0.15) is 24.4 Å². The van der Waals surface area contributed by atoms with Gasteiger partial charge in [0.2, 0.25) is 0 Å². The molecule has 1 fully saturated rings. The monoisotopic (exact) mass is 283 g/mol. The van der Waals surface area contributed by atoms with E-state index in [-0.39, 0.29) is 0 Å². The first-order chi connectivity index (χ1) is 9.93. The summed E-state index contributed by atoms with van der Waals surface area (Å²) in [6.07, 6.45) is 2.75. The highest BCUT2D eigenvalue weighted by Gasteiger charge is 2.31. The molecular formula is C18H21NS. The SMILES string of the molecule is c1ccc(SCCNC(c2ccccc2)C2CC2)cc1. The molecule has 0 amide bonds. The van der Waals surface area contributed by atoms with E-state index in [2.05, 4.69) is 66.0 Å². The molecule has 1 aliphatic rings. The second kappa shape index (κ2) is 6.96. The van der Waals surface area contributed by atoms with E-state index in [0.29, 0.717) is 6.04 Å². The van der Waals surface area contributed by atoms with Crippen LogP contribution in [0.15, 0.2) is 65.6 Å². The Hall–Kier alpha value is -1.25. The van der Waals surface area contributed by atoms with Gasteiger partial charge in [-0.25, -0.2) is 0 Å². The lowest BCUT2D eigenvalue weighted by Gasteiger charge is -2.18. The van der Waals surface area contributed by atoms with Gasteiger partial charge in [-0.2, -0.15) is 0 Å². The van der Waals surface area contributed by atoms with Crippen molar-refractivity contribution in [3.63, 3.8) is 0 Å². The fourth-order valence-electron chi connectivity index (χ4n) is 2.55. The van der Waals surface area contributed by atoms with E-state index in [1.807, 2.05) is 11.8 Å². The number of thioether (sulfide) groups is 1. The van der Waals surface area contributed by atoms with Crippen molar-refractivity contribution < 1.29 is 0 Å². The molecule has 0 aromatic heterocycles. The minimum atomic E-state index is 0.549. The summed E-state index contributed by atoms with van der Waals surface area (Å²) in [5, 5.41) is 3.75. The molecule has 2 heteroatoms. The molecule has 3 rings (SSSR count). The lowest BCUT2D eigenvalue weighted by Crippen LogP contribution is -2.25. The van der Waals surface area contributed by atoms with Crippen molar-refractivity contribution in [2.24, 2.45) is 5.92 Å². The van der Waals surface area contributed by atoms with Gasteiger partial charge in [-0.05, 0) is 36.5 Å². The van der Waals surface area contributed by atoms with E-state index in [4.69, 9.17) is 0 Å². The van der Waals surface area contributed by atoms with Crippen LogP contribution in [0, 0.1) is 5.92 Å². The lowest BCUT2D eigenvalue weighted by atomic mass is 10.0. The fraction of sp³-hybridized carbons (Fsp3) is 0.333. The Morgan fingerprint density at radius 2 is 1.60 bits per heavy atom.